The maximum Gasteiger partial charge on any atom is 0.119 e. The van der Waals surface area contributed by atoms with E-state index in [2.05, 4.69) is 471 Å². The molecule has 19 aromatic carbocycles. The molecular weight excluding hydrogens is 1780 g/mol. The minimum absolute atomic E-state index is 0.376. The number of hydrogen-bond donors (Lipinski definition) is 0. The highest BCUT2D eigenvalue weighted by molar-refractivity contribution is 6.12. The van der Waals surface area contributed by atoms with Gasteiger partial charge in [-0.15, -0.1) is 0 Å². The molecule has 2 aromatic heterocycles. The van der Waals surface area contributed by atoms with Crippen LogP contribution in [0.5, 0.6) is 11.5 Å². The first-order valence-electron chi connectivity index (χ1n) is 51.8. The van der Waals surface area contributed by atoms with Gasteiger partial charge in [0.2, 0.25) is 0 Å². The maximum absolute atomic E-state index is 6.48. The van der Waals surface area contributed by atoms with Crippen LogP contribution in [-0.4, -0.2) is 22.3 Å². The Hall–Kier alpha value is -16.6. The summed E-state index contributed by atoms with van der Waals surface area (Å²) in [4.78, 5) is 4.96. The van der Waals surface area contributed by atoms with E-state index in [1.54, 1.807) is 0 Å². The number of aromatic nitrogens is 2. The van der Waals surface area contributed by atoms with Crippen molar-refractivity contribution in [3.8, 4) is 67.4 Å². The maximum atomic E-state index is 6.48. The Morgan fingerprint density at radius 1 is 0.253 bits per heavy atom. The van der Waals surface area contributed by atoms with Crippen molar-refractivity contribution in [2.24, 2.45) is 0 Å². The Kier molecular flexibility index (Phi) is 26.6. The van der Waals surface area contributed by atoms with Crippen molar-refractivity contribution in [2.75, 3.05) is 23.0 Å². The molecule has 0 saturated carbocycles. The van der Waals surface area contributed by atoms with Gasteiger partial charge in [-0.1, -0.05) is 378 Å². The van der Waals surface area contributed by atoms with Crippen molar-refractivity contribution >= 4 is 89.9 Å². The van der Waals surface area contributed by atoms with Gasteiger partial charge in [-0.2, -0.15) is 0 Å². The molecule has 2 unspecified atom stereocenters. The quantitative estimate of drug-likeness (QED) is 0.0360. The zero-order valence-electron chi connectivity index (χ0n) is 83.0. The number of rotatable bonds is 38. The number of benzene rings is 19. The summed E-state index contributed by atoms with van der Waals surface area (Å²) in [6.07, 6.45) is 14.1. The molecular formula is C138H118N4O4. The lowest BCUT2D eigenvalue weighted by molar-refractivity contribution is 0.105. The van der Waals surface area contributed by atoms with Gasteiger partial charge in [0.05, 0.1) is 61.7 Å². The third kappa shape index (κ3) is 18.5. The third-order valence-electron chi connectivity index (χ3n) is 30.3. The highest BCUT2D eigenvalue weighted by Crippen LogP contribution is 2.59. The molecule has 0 fully saturated rings. The summed E-state index contributed by atoms with van der Waals surface area (Å²) in [5.74, 6) is 1.81. The average Bonchev–Trinajstić information content (AvgIpc) is 1.55. The van der Waals surface area contributed by atoms with Crippen LogP contribution in [0.2, 0.25) is 0 Å². The van der Waals surface area contributed by atoms with Crippen LogP contribution in [-0.2, 0) is 46.7 Å². The van der Waals surface area contributed by atoms with Gasteiger partial charge in [-0.3, -0.25) is 0 Å². The van der Waals surface area contributed by atoms with Gasteiger partial charge < -0.3 is 37.9 Å². The molecule has 2 aliphatic carbocycles. The van der Waals surface area contributed by atoms with Crippen LogP contribution in [0.4, 0.5) is 34.1 Å². The third-order valence-corrected chi connectivity index (χ3v) is 30.3. The van der Waals surface area contributed by atoms with Crippen LogP contribution in [0, 0.1) is 13.8 Å². The Bertz CT molecular complexity index is 7790. The van der Waals surface area contributed by atoms with Crippen molar-refractivity contribution in [3.05, 3.63) is 540 Å². The van der Waals surface area contributed by atoms with Gasteiger partial charge in [0.25, 0.3) is 0 Å². The number of para-hydroxylation sites is 2. The first-order valence-corrected chi connectivity index (χ1v) is 51.8. The molecule has 714 valence electrons. The lowest BCUT2D eigenvalue weighted by Crippen LogP contribution is -2.27. The minimum Gasteiger partial charge on any atom is -0.494 e. The van der Waals surface area contributed by atoms with Crippen LogP contribution < -0.4 is 19.3 Å². The molecule has 0 N–H and O–H groups in total. The molecule has 0 radical (unpaired) electrons. The Morgan fingerprint density at radius 3 is 0.986 bits per heavy atom. The molecule has 0 saturated heterocycles. The first-order chi connectivity index (χ1) is 72.1. The highest BCUT2D eigenvalue weighted by atomic mass is 16.5. The number of unbranched alkanes of at least 4 members (excludes halogenated alkanes) is 6. The Labute approximate surface area is 857 Å². The Balaban J connectivity index is 0.464. The van der Waals surface area contributed by atoms with Gasteiger partial charge in [-0.05, 0) is 296 Å². The lowest BCUT2D eigenvalue weighted by Gasteiger charge is -2.34. The fourth-order valence-corrected chi connectivity index (χ4v) is 23.0. The van der Waals surface area contributed by atoms with Gasteiger partial charge in [0, 0.05) is 77.9 Å². The fraction of sp³-hybridized carbons (Fsp3) is 0.145. The van der Waals surface area contributed by atoms with Gasteiger partial charge in [0.1, 0.15) is 11.5 Å². The number of hydrogen-bond acceptors (Lipinski definition) is 6. The second kappa shape index (κ2) is 41.7. The molecule has 146 heavy (non-hydrogen) atoms. The summed E-state index contributed by atoms with van der Waals surface area (Å²) >= 11 is 0. The largest absolute Gasteiger partial charge is 0.494 e. The van der Waals surface area contributed by atoms with Crippen LogP contribution >= 0.6 is 0 Å². The van der Waals surface area contributed by atoms with Crippen LogP contribution in [0.3, 0.4) is 0 Å². The number of fused-ring (bicyclic) bond motifs is 12. The van der Waals surface area contributed by atoms with E-state index in [4.69, 9.17) is 18.9 Å². The van der Waals surface area contributed by atoms with Crippen molar-refractivity contribution in [1.29, 1.82) is 0 Å². The Morgan fingerprint density at radius 2 is 0.589 bits per heavy atom. The second-order valence-electron chi connectivity index (χ2n) is 39.4. The molecule has 0 amide bonds. The molecule has 2 atom stereocenters. The molecule has 2 aliphatic rings. The SMILES string of the molecule is C=Cc1ccc(OCCCCCCC2(c3ccccc3)c3ccccc3-c3ccc(N(c4ccc(-c5cccc(C)c5)cc4)c4ccc5c(c4)c4ccccc4n5-c4ccc(COCc5ccc(COCc6ccc(-n7c8ccccc8c8cc(N(c9ccc(-c%10cccc(C)c%10)cc9)c9ccc%10c(c9)C(CCCCCCOc9ccc(C=C)cc9)(c9ccccc9)c9ccccc9-%10)ccc87)cc6)cc5)cc4)cc32)cc1. The van der Waals surface area contributed by atoms with Crippen molar-refractivity contribution in [2.45, 2.75) is 115 Å². The van der Waals surface area contributed by atoms with Crippen LogP contribution in [0.15, 0.2) is 462 Å². The number of aryl methyl sites for hydroxylation is 2. The van der Waals surface area contributed by atoms with Gasteiger partial charge >= 0.3 is 0 Å². The predicted molar refractivity (Wildman–Crippen MR) is 608 cm³/mol. The first kappa shape index (κ1) is 93.1. The standard InChI is InChI=1S/C138H118N4O4/c1-5-99-55-75-119(76-56-99)145-85-27-9-7-25-83-137(109-35-13-11-14-36-109)129-43-21-17-39-121(129)123-79-71-117(91-131(123)137)139(111-67-59-105(60-68-111)107-33-29-31-97(3)87-107)115-73-81-135-127(89-115)125-41-19-23-45-133(125)141(135)113-63-51-103(52-64-113)95-143-93-101-47-49-102(50-48-101)94-144-96-104-53-65-114(66-54-104)142-134-46-24-20-42-126(134)128-90-116(74-82-136(128)142)140(112-69-61-106(62-70-112)108-34-30-32-98(4)88-108)118-72-80-124-122-40-18-22-44-130(122)138(132(124)92-118,110-37-15-12-16-38-110)84-26-8-10-28-86-146-120-77-57-100(6-2)58-78-120/h5-6,11-24,29-82,87-92H,1-2,7-10,25-28,83-86,93-96H2,3-4H3. The van der Waals surface area contributed by atoms with E-state index in [0.29, 0.717) is 39.6 Å². The molecule has 0 spiro atoms. The highest BCUT2D eigenvalue weighted by Gasteiger charge is 2.47. The van der Waals surface area contributed by atoms with Gasteiger partial charge in [-0.25, -0.2) is 0 Å². The van der Waals surface area contributed by atoms with Crippen LogP contribution in [0.25, 0.3) is 112 Å². The summed E-state index contributed by atoms with van der Waals surface area (Å²) < 4.78 is 30.2. The molecule has 21 aromatic rings. The zero-order chi connectivity index (χ0) is 98.3. The minimum atomic E-state index is -0.376. The fourth-order valence-electron chi connectivity index (χ4n) is 23.0. The smallest absolute Gasteiger partial charge is 0.119 e. The van der Waals surface area contributed by atoms with E-state index in [1.807, 2.05) is 36.4 Å². The molecule has 0 aliphatic heterocycles. The summed E-state index contributed by atoms with van der Waals surface area (Å²) in [5.41, 5.74) is 39.7. The molecule has 8 heteroatoms. The van der Waals surface area contributed by atoms with E-state index >= 15 is 0 Å². The number of anilines is 6. The van der Waals surface area contributed by atoms with Crippen molar-refractivity contribution in [1.82, 2.24) is 9.13 Å². The van der Waals surface area contributed by atoms with Crippen molar-refractivity contribution in [3.63, 3.8) is 0 Å². The average molecular weight is 1900 g/mol. The number of ether oxygens (including phenoxy) is 4. The van der Waals surface area contributed by atoms with E-state index < -0.39 is 0 Å². The van der Waals surface area contributed by atoms with Gasteiger partial charge in [0.15, 0.2) is 0 Å². The topological polar surface area (TPSA) is 53.3 Å². The molecule has 0 bridgehead atoms. The normalized spacial score (nSPS) is 13.9. The zero-order valence-corrected chi connectivity index (χ0v) is 83.0. The second-order valence-corrected chi connectivity index (χ2v) is 39.4. The summed E-state index contributed by atoms with van der Waals surface area (Å²) in [6.45, 7) is 15.5. The molecule has 23 rings (SSSR count). The lowest BCUT2D eigenvalue weighted by atomic mass is 9.69. The van der Waals surface area contributed by atoms with E-state index in [-0.39, 0.29) is 10.8 Å². The van der Waals surface area contributed by atoms with E-state index in [1.165, 1.54) is 111 Å². The molecule has 2 heterocycles. The molecule has 8 nitrogen and oxygen atoms in total. The predicted octanol–water partition coefficient (Wildman–Crippen LogP) is 36.2. The van der Waals surface area contributed by atoms with E-state index in [0.717, 1.165) is 177 Å². The van der Waals surface area contributed by atoms with E-state index in [9.17, 15) is 0 Å². The number of nitrogens with zero attached hydrogens (tertiary/aromatic N) is 4. The summed E-state index contributed by atoms with van der Waals surface area (Å²) in [5, 5.41) is 4.75. The summed E-state index contributed by atoms with van der Waals surface area (Å²) in [7, 11) is 0. The summed E-state index contributed by atoms with van der Waals surface area (Å²) in [6, 6.07) is 166. The van der Waals surface area contributed by atoms with Crippen LogP contribution in [0.1, 0.15) is 142 Å². The van der Waals surface area contributed by atoms with Crippen molar-refractivity contribution < 1.29 is 18.9 Å². The monoisotopic (exact) mass is 1890 g/mol.